The van der Waals surface area contributed by atoms with Crippen LogP contribution in [-0.4, -0.2) is 17.5 Å². The average Bonchev–Trinajstić information content (AvgIpc) is 2.46. The van der Waals surface area contributed by atoms with Gasteiger partial charge in [0.05, 0.1) is 0 Å². The molecule has 22 heavy (non-hydrogen) atoms. The van der Waals surface area contributed by atoms with Crippen LogP contribution in [0.1, 0.15) is 59.8 Å². The van der Waals surface area contributed by atoms with E-state index in [0.29, 0.717) is 11.8 Å². The lowest BCUT2D eigenvalue weighted by Crippen LogP contribution is -2.55. The third-order valence-corrected chi connectivity index (χ3v) is 6.79. The van der Waals surface area contributed by atoms with Crippen LogP contribution in [0.15, 0.2) is 23.3 Å². The number of ketones is 1. The van der Waals surface area contributed by atoms with Crippen molar-refractivity contribution in [1.82, 2.24) is 0 Å². The minimum atomic E-state index is -0.242. The van der Waals surface area contributed by atoms with E-state index >= 15 is 0 Å². The van der Waals surface area contributed by atoms with Crippen molar-refractivity contribution in [1.29, 1.82) is 0 Å². The zero-order chi connectivity index (χ0) is 16.1. The van der Waals surface area contributed by atoms with Crippen molar-refractivity contribution in [2.24, 2.45) is 28.6 Å². The largest absolute Gasteiger partial charge is 0.396 e. The van der Waals surface area contributed by atoms with Gasteiger partial charge in [0.1, 0.15) is 0 Å². The lowest BCUT2D eigenvalue weighted by Gasteiger charge is -2.57. The van der Waals surface area contributed by atoms with Crippen LogP contribution in [0.5, 0.6) is 0 Å². The molecule has 0 saturated heterocycles. The lowest BCUT2D eigenvalue weighted by molar-refractivity contribution is -0.141. The van der Waals surface area contributed by atoms with Crippen LogP contribution in [0, 0.1) is 28.6 Å². The van der Waals surface area contributed by atoms with Gasteiger partial charge in [0.15, 0.2) is 5.78 Å². The van der Waals surface area contributed by atoms with Gasteiger partial charge in [-0.15, -0.1) is 0 Å². The zero-order valence-corrected chi connectivity index (χ0v) is 14.5. The molecule has 122 valence electrons. The number of aliphatic hydroxyl groups excluding tert-OH is 1. The Morgan fingerprint density at radius 1 is 1.27 bits per heavy atom. The van der Waals surface area contributed by atoms with Crippen molar-refractivity contribution in [3.05, 3.63) is 23.3 Å². The van der Waals surface area contributed by atoms with Crippen molar-refractivity contribution in [2.75, 3.05) is 6.61 Å². The van der Waals surface area contributed by atoms with Gasteiger partial charge in [-0.2, -0.15) is 0 Å². The van der Waals surface area contributed by atoms with E-state index in [1.54, 1.807) is 0 Å². The molecule has 0 heterocycles. The highest BCUT2D eigenvalue weighted by Gasteiger charge is 2.57. The molecule has 0 aromatic rings. The predicted molar refractivity (Wildman–Crippen MR) is 89.4 cm³/mol. The molecule has 0 spiro atoms. The van der Waals surface area contributed by atoms with Crippen LogP contribution in [0.3, 0.4) is 0 Å². The van der Waals surface area contributed by atoms with Crippen molar-refractivity contribution in [3.63, 3.8) is 0 Å². The minimum absolute atomic E-state index is 0.0125. The zero-order valence-electron chi connectivity index (χ0n) is 14.5. The normalized spacial score (nSPS) is 41.6. The highest BCUT2D eigenvalue weighted by atomic mass is 16.3. The number of allylic oxidation sites excluding steroid dienone is 4. The third-order valence-electron chi connectivity index (χ3n) is 6.79. The highest BCUT2D eigenvalue weighted by Crippen LogP contribution is 2.60. The van der Waals surface area contributed by atoms with E-state index in [0.717, 1.165) is 32.1 Å². The van der Waals surface area contributed by atoms with Gasteiger partial charge in [0.2, 0.25) is 0 Å². The summed E-state index contributed by atoms with van der Waals surface area (Å²) in [4.78, 5) is 12.9. The number of hydrogen-bond acceptors (Lipinski definition) is 2. The van der Waals surface area contributed by atoms with Crippen LogP contribution in [0.2, 0.25) is 0 Å². The molecule has 0 aromatic carbocycles. The fraction of sp³-hybridized carbons (Fsp3) is 0.750. The van der Waals surface area contributed by atoms with E-state index in [1.807, 2.05) is 6.08 Å². The maximum absolute atomic E-state index is 12.9. The molecule has 4 atom stereocenters. The molecule has 1 saturated carbocycles. The van der Waals surface area contributed by atoms with Crippen LogP contribution < -0.4 is 0 Å². The second-order valence-electron chi connectivity index (χ2n) is 8.62. The summed E-state index contributed by atoms with van der Waals surface area (Å²) in [7, 11) is 0. The van der Waals surface area contributed by atoms with Gasteiger partial charge >= 0.3 is 0 Å². The van der Waals surface area contributed by atoms with Crippen molar-refractivity contribution >= 4 is 5.78 Å². The van der Waals surface area contributed by atoms with Gasteiger partial charge in [-0.3, -0.25) is 4.79 Å². The number of hydrogen-bond donors (Lipinski definition) is 1. The summed E-state index contributed by atoms with van der Waals surface area (Å²) in [5.74, 6) is 1.30. The number of carbonyl (C=O) groups excluding carboxylic acids is 1. The van der Waals surface area contributed by atoms with Crippen LogP contribution in [0.25, 0.3) is 0 Å². The molecule has 1 fully saturated rings. The first-order valence-electron chi connectivity index (χ1n) is 8.88. The molecule has 0 aromatic heterocycles. The predicted octanol–water partition coefficient (Wildman–Crippen LogP) is 4.29. The van der Waals surface area contributed by atoms with E-state index < -0.39 is 0 Å². The van der Waals surface area contributed by atoms with Gasteiger partial charge in [0.25, 0.3) is 0 Å². The molecule has 1 N–H and O–H groups in total. The first-order valence-corrected chi connectivity index (χ1v) is 8.88. The Morgan fingerprint density at radius 3 is 2.64 bits per heavy atom. The first-order chi connectivity index (χ1) is 10.3. The van der Waals surface area contributed by atoms with Crippen LogP contribution >= 0.6 is 0 Å². The summed E-state index contributed by atoms with van der Waals surface area (Å²) in [6, 6.07) is 0. The van der Waals surface area contributed by atoms with Gasteiger partial charge < -0.3 is 5.11 Å². The van der Waals surface area contributed by atoms with Crippen LogP contribution in [-0.2, 0) is 4.79 Å². The Labute approximate surface area is 134 Å². The molecule has 0 aliphatic heterocycles. The summed E-state index contributed by atoms with van der Waals surface area (Å²) in [5, 5.41) is 9.95. The highest BCUT2D eigenvalue weighted by molar-refractivity contribution is 5.95. The Hall–Kier alpha value is -0.890. The summed E-state index contributed by atoms with van der Waals surface area (Å²) >= 11 is 0. The number of carbonyl (C=O) groups is 1. The second kappa shape index (κ2) is 5.33. The molecular formula is C20H30O2. The lowest BCUT2D eigenvalue weighted by atomic mass is 9.46. The smallest absolute Gasteiger partial charge is 0.160 e. The van der Waals surface area contributed by atoms with Gasteiger partial charge in [0, 0.05) is 17.9 Å². The second-order valence-corrected chi connectivity index (χ2v) is 8.62. The average molecular weight is 302 g/mol. The molecule has 0 bridgehead atoms. The molecule has 2 heteroatoms. The number of fused-ring (bicyclic) bond motifs is 3. The quantitative estimate of drug-likeness (QED) is 0.826. The fourth-order valence-corrected chi connectivity index (χ4v) is 5.59. The molecular weight excluding hydrogens is 272 g/mol. The van der Waals surface area contributed by atoms with E-state index in [1.165, 1.54) is 11.1 Å². The minimum Gasteiger partial charge on any atom is -0.396 e. The van der Waals surface area contributed by atoms with Crippen molar-refractivity contribution in [2.45, 2.75) is 59.8 Å². The maximum Gasteiger partial charge on any atom is 0.160 e. The van der Waals surface area contributed by atoms with Gasteiger partial charge in [-0.25, -0.2) is 0 Å². The summed E-state index contributed by atoms with van der Waals surface area (Å²) in [6.07, 6.45) is 9.76. The molecule has 3 rings (SSSR count). The SMILES string of the molecule is CC(C)C1=CC2=CC(=O)[C@H]3[C@](C)(CO)CCC[C@]3(C)[C@H]2CC1. The Bertz CT molecular complexity index is 542. The summed E-state index contributed by atoms with van der Waals surface area (Å²) in [5.41, 5.74) is 2.53. The van der Waals surface area contributed by atoms with E-state index in [9.17, 15) is 9.90 Å². The Balaban J connectivity index is 2.06. The Morgan fingerprint density at radius 2 is 2.00 bits per heavy atom. The van der Waals surface area contributed by atoms with Gasteiger partial charge in [-0.1, -0.05) is 45.8 Å². The van der Waals surface area contributed by atoms with Crippen LogP contribution in [0.4, 0.5) is 0 Å². The van der Waals surface area contributed by atoms with E-state index in [4.69, 9.17) is 0 Å². The molecule has 0 unspecified atom stereocenters. The fourth-order valence-electron chi connectivity index (χ4n) is 5.59. The van der Waals surface area contributed by atoms with Gasteiger partial charge in [-0.05, 0) is 54.6 Å². The molecule has 0 amide bonds. The number of aliphatic hydroxyl groups is 1. The third kappa shape index (κ3) is 2.22. The topological polar surface area (TPSA) is 37.3 Å². The van der Waals surface area contributed by atoms with Crippen molar-refractivity contribution in [3.8, 4) is 0 Å². The van der Waals surface area contributed by atoms with Crippen molar-refractivity contribution < 1.29 is 9.90 Å². The number of rotatable bonds is 2. The standard InChI is InChI=1S/C20H30O2/c1-13(2)14-6-7-16-15(10-14)11-17(22)18-19(3,12-21)8-5-9-20(16,18)4/h10-11,13,16,18,21H,5-9,12H2,1-4H3/t16-,18-,19-,20+/m0/s1. The Kier molecular flexibility index (Phi) is 3.87. The summed E-state index contributed by atoms with van der Waals surface area (Å²) in [6.45, 7) is 9.04. The van der Waals surface area contributed by atoms with E-state index in [-0.39, 0.29) is 29.1 Å². The maximum atomic E-state index is 12.9. The summed E-state index contributed by atoms with van der Waals surface area (Å²) < 4.78 is 0. The first kappa shape index (κ1) is 16.0. The molecule has 2 nitrogen and oxygen atoms in total. The molecule has 3 aliphatic rings. The van der Waals surface area contributed by atoms with E-state index in [2.05, 4.69) is 33.8 Å². The molecule has 0 radical (unpaired) electrons. The monoisotopic (exact) mass is 302 g/mol. The molecule has 3 aliphatic carbocycles.